The molecule has 0 spiro atoms. The van der Waals surface area contributed by atoms with Gasteiger partial charge in [-0.1, -0.05) is 0 Å². The second kappa shape index (κ2) is 5.69. The Morgan fingerprint density at radius 1 is 1.73 bits per heavy atom. The number of aliphatic hydroxyl groups is 1. The average molecular weight is 343 g/mol. The van der Waals surface area contributed by atoms with E-state index in [2.05, 4.69) is 9.26 Å². The van der Waals surface area contributed by atoms with Crippen molar-refractivity contribution in [2.24, 2.45) is 0 Å². The number of phosphoric ester groups is 1. The number of H-pyrrole nitrogens is 1. The number of aryl methyl sites for hydroxylation is 1. The number of phosphoric acid groups is 1. The maximum Gasteiger partial charge on any atom is 0.469 e. The molecule has 0 amide bonds. The Morgan fingerprint density at radius 3 is 2.95 bits per heavy atom. The number of rotatable bonds is 4. The molecule has 3 atom stereocenters. The fourth-order valence-corrected chi connectivity index (χ4v) is 2.00. The number of hydrogen-bond donors (Lipinski definition) is 4. The fourth-order valence-electron chi connectivity index (χ4n) is 1.74. The van der Waals surface area contributed by atoms with Crippen LogP contribution in [-0.4, -0.2) is 43.0 Å². The number of nitrogens with zero attached hydrogens (tertiary/aromatic N) is 1. The lowest BCUT2D eigenvalue weighted by Crippen LogP contribution is -2.36. The maximum atomic E-state index is 14.8. The van der Waals surface area contributed by atoms with Gasteiger partial charge in [0, 0.05) is 18.2 Å². The summed E-state index contributed by atoms with van der Waals surface area (Å²) in [5.41, 5.74) is -2.14. The highest BCUT2D eigenvalue weighted by atomic mass is 31.2. The minimum atomic E-state index is -5.49. The van der Waals surface area contributed by atoms with E-state index in [1.165, 1.54) is 6.92 Å². The van der Waals surface area contributed by atoms with Gasteiger partial charge in [-0.05, 0) is 6.92 Å². The van der Waals surface area contributed by atoms with E-state index in [4.69, 9.17) is 13.9 Å². The Morgan fingerprint density at radius 2 is 2.36 bits per heavy atom. The number of alkyl halides is 1. The molecule has 12 heteroatoms. The first-order chi connectivity index (χ1) is 11.1. The highest BCUT2D eigenvalue weighted by Gasteiger charge is 2.49. The molecule has 1 saturated heterocycles. The highest BCUT2D eigenvalue weighted by molar-refractivity contribution is 7.46. The largest absolute Gasteiger partial charge is 0.469 e. The third-order valence-electron chi connectivity index (χ3n) is 2.68. The lowest BCUT2D eigenvalue weighted by atomic mass is 10.2. The quantitative estimate of drug-likeness (QED) is 0.503. The molecule has 0 aliphatic carbocycles. The SMILES string of the molecule is [2H]C([2H])(OP(=O)(O)O)[C@]1(F)C[C@@H](O)[C@]([2H])(n2cc(C)c(=O)[nH]c2=O)O1. The van der Waals surface area contributed by atoms with Gasteiger partial charge in [0.2, 0.25) is 5.85 Å². The van der Waals surface area contributed by atoms with E-state index < -0.39 is 50.2 Å². The zero-order valence-corrected chi connectivity index (χ0v) is 11.9. The lowest BCUT2D eigenvalue weighted by molar-refractivity contribution is -0.178. The zero-order valence-electron chi connectivity index (χ0n) is 14.0. The van der Waals surface area contributed by atoms with Crippen molar-refractivity contribution in [2.75, 3.05) is 6.56 Å². The van der Waals surface area contributed by atoms with Gasteiger partial charge >= 0.3 is 13.5 Å². The van der Waals surface area contributed by atoms with Gasteiger partial charge in [0.25, 0.3) is 5.56 Å². The van der Waals surface area contributed by atoms with E-state index in [0.717, 1.165) is 6.20 Å². The van der Waals surface area contributed by atoms with E-state index in [-0.39, 0.29) is 5.56 Å². The Hall–Kier alpha value is -1.36. The van der Waals surface area contributed by atoms with Crippen LogP contribution in [0.15, 0.2) is 15.8 Å². The molecule has 1 aromatic rings. The summed E-state index contributed by atoms with van der Waals surface area (Å²) in [4.78, 5) is 42.4. The number of aromatic amines is 1. The topological polar surface area (TPSA) is 151 Å². The van der Waals surface area contributed by atoms with E-state index in [1.807, 2.05) is 0 Å². The molecule has 1 aromatic heterocycles. The van der Waals surface area contributed by atoms with Gasteiger partial charge < -0.3 is 19.6 Å². The molecule has 2 rings (SSSR count). The molecule has 0 radical (unpaired) electrons. The molecule has 2 heterocycles. The summed E-state index contributed by atoms with van der Waals surface area (Å²) in [5.74, 6) is -3.68. The number of nitrogens with one attached hydrogen (secondary N) is 1. The van der Waals surface area contributed by atoms with Gasteiger partial charge in [-0.2, -0.15) is 0 Å². The number of halogens is 1. The van der Waals surface area contributed by atoms with Gasteiger partial charge in [0.1, 0.15) is 12.7 Å². The minimum Gasteiger partial charge on any atom is -0.388 e. The third kappa shape index (κ3) is 3.69. The van der Waals surface area contributed by atoms with Crippen molar-refractivity contribution in [1.29, 1.82) is 0 Å². The standard InChI is InChI=1S/C10H14FN2O8P/c1-5-3-13(9(16)12-7(5)15)8-6(14)2-10(11,21-8)4-20-22(17,18)19/h3,6,8,14H,2,4H2,1H3,(H,12,15,16)(H2,17,18,19)/t6-,8-,10+/m1/s1/i4D2,8D. The zero-order chi connectivity index (χ0) is 19.4. The van der Waals surface area contributed by atoms with Crippen LogP contribution in [0.25, 0.3) is 0 Å². The predicted octanol–water partition coefficient (Wildman–Crippen LogP) is -1.10. The van der Waals surface area contributed by atoms with Crippen molar-refractivity contribution in [3.8, 4) is 0 Å². The Labute approximate surface area is 126 Å². The van der Waals surface area contributed by atoms with E-state index >= 15 is 0 Å². The summed E-state index contributed by atoms with van der Waals surface area (Å²) in [6.07, 6.45) is -5.56. The number of aliphatic hydroxyl groups excluding tert-OH is 1. The van der Waals surface area contributed by atoms with Crippen LogP contribution in [0.1, 0.15) is 22.3 Å². The van der Waals surface area contributed by atoms with Gasteiger partial charge in [0.15, 0.2) is 6.20 Å². The van der Waals surface area contributed by atoms with Gasteiger partial charge in [0.05, 0.1) is 4.11 Å². The molecular weight excluding hydrogens is 326 g/mol. The summed E-state index contributed by atoms with van der Waals surface area (Å²) in [5, 5.41) is 9.96. The third-order valence-corrected chi connectivity index (χ3v) is 3.01. The minimum absolute atomic E-state index is 0.0899. The van der Waals surface area contributed by atoms with Gasteiger partial charge in [-0.3, -0.25) is 18.9 Å². The van der Waals surface area contributed by atoms with Crippen LogP contribution < -0.4 is 11.2 Å². The van der Waals surface area contributed by atoms with Crippen LogP contribution >= 0.6 is 7.82 Å². The average Bonchev–Trinajstić information content (AvgIpc) is 2.63. The van der Waals surface area contributed by atoms with Crippen molar-refractivity contribution < 1.29 is 37.2 Å². The van der Waals surface area contributed by atoms with E-state index in [0.29, 0.717) is 4.57 Å². The first-order valence-corrected chi connectivity index (χ1v) is 7.31. The molecule has 22 heavy (non-hydrogen) atoms. The first-order valence-electron chi connectivity index (χ1n) is 7.28. The molecule has 0 saturated carbocycles. The fraction of sp³-hybridized carbons (Fsp3) is 0.600. The van der Waals surface area contributed by atoms with Crippen molar-refractivity contribution in [1.82, 2.24) is 9.55 Å². The van der Waals surface area contributed by atoms with Crippen molar-refractivity contribution in [2.45, 2.75) is 31.5 Å². The summed E-state index contributed by atoms with van der Waals surface area (Å²) in [6.45, 7) is -2.52. The van der Waals surface area contributed by atoms with Crippen molar-refractivity contribution in [3.63, 3.8) is 0 Å². The summed E-state index contributed by atoms with van der Waals surface area (Å²) in [6, 6.07) is 0. The molecule has 0 unspecified atom stereocenters. The van der Waals surface area contributed by atoms with Gasteiger partial charge in [-0.25, -0.2) is 13.8 Å². The Kier molecular flexibility index (Phi) is 3.39. The van der Waals surface area contributed by atoms with Crippen LogP contribution in [-0.2, 0) is 13.8 Å². The molecule has 0 bridgehead atoms. The normalized spacial score (nSPS) is 35.0. The number of ether oxygens (including phenoxy) is 1. The first kappa shape index (κ1) is 13.1. The molecule has 1 fully saturated rings. The van der Waals surface area contributed by atoms with Crippen molar-refractivity contribution in [3.05, 3.63) is 32.6 Å². The molecule has 1 aliphatic rings. The number of aromatic nitrogens is 2. The molecule has 1 aliphatic heterocycles. The van der Waals surface area contributed by atoms with E-state index in [1.54, 1.807) is 4.98 Å². The smallest absolute Gasteiger partial charge is 0.388 e. The van der Waals surface area contributed by atoms with Crippen molar-refractivity contribution >= 4 is 7.82 Å². The Balaban J connectivity index is 2.50. The van der Waals surface area contributed by atoms with Gasteiger partial charge in [-0.15, -0.1) is 0 Å². The van der Waals surface area contributed by atoms with Crippen LogP contribution in [0, 0.1) is 6.92 Å². The second-order valence-electron chi connectivity index (χ2n) is 4.51. The highest BCUT2D eigenvalue weighted by Crippen LogP contribution is 2.42. The molecule has 10 nitrogen and oxygen atoms in total. The lowest BCUT2D eigenvalue weighted by Gasteiger charge is -2.21. The monoisotopic (exact) mass is 343 g/mol. The van der Waals surface area contributed by atoms with Crippen LogP contribution in [0.2, 0.25) is 0 Å². The molecule has 124 valence electrons. The Bertz CT molecular complexity index is 855. The van der Waals surface area contributed by atoms with Crippen LogP contribution in [0.5, 0.6) is 0 Å². The van der Waals surface area contributed by atoms with E-state index in [9.17, 15) is 23.7 Å². The van der Waals surface area contributed by atoms with Crippen LogP contribution in [0.4, 0.5) is 4.39 Å². The summed E-state index contributed by atoms with van der Waals surface area (Å²) < 4.78 is 57.0. The summed E-state index contributed by atoms with van der Waals surface area (Å²) in [7, 11) is -5.49. The second-order valence-corrected chi connectivity index (χ2v) is 5.68. The molecular formula is C10H14FN2O8P. The van der Waals surface area contributed by atoms with Crippen LogP contribution in [0.3, 0.4) is 0 Å². The molecule has 0 aromatic carbocycles. The molecule has 4 N–H and O–H groups in total. The summed E-state index contributed by atoms with van der Waals surface area (Å²) >= 11 is 0. The number of hydrogen-bond acceptors (Lipinski definition) is 6. The maximum absolute atomic E-state index is 14.8. The predicted molar refractivity (Wildman–Crippen MR) is 68.6 cm³/mol.